The van der Waals surface area contributed by atoms with Crippen molar-refractivity contribution in [2.75, 3.05) is 6.54 Å². The lowest BCUT2D eigenvalue weighted by Crippen LogP contribution is -2.29. The number of rotatable bonds is 8. The van der Waals surface area contributed by atoms with Gasteiger partial charge in [-0.3, -0.25) is 4.79 Å². The van der Waals surface area contributed by atoms with E-state index in [1.54, 1.807) is 6.92 Å². The summed E-state index contributed by atoms with van der Waals surface area (Å²) in [6.07, 6.45) is 7.23. The van der Waals surface area contributed by atoms with Crippen LogP contribution in [0.1, 0.15) is 63.4 Å². The fourth-order valence-corrected chi connectivity index (χ4v) is 3.43. The summed E-state index contributed by atoms with van der Waals surface area (Å²) < 4.78 is 0. The quantitative estimate of drug-likeness (QED) is 0.770. The largest absolute Gasteiger partial charge is 0.393 e. The van der Waals surface area contributed by atoms with Crippen LogP contribution in [-0.2, 0) is 4.79 Å². The van der Waals surface area contributed by atoms with Crippen LogP contribution >= 0.6 is 0 Å². The van der Waals surface area contributed by atoms with Crippen LogP contribution in [0, 0.1) is 5.92 Å². The Hall–Kier alpha value is -1.35. The lowest BCUT2D eigenvalue weighted by molar-refractivity contribution is -0.121. The SMILES string of the molecule is CC(O)CC(CNC(=O)CCC1CCCC1)c1ccccc1. The third-order valence-electron chi connectivity index (χ3n) is 4.70. The molecular formula is C19H29NO2. The smallest absolute Gasteiger partial charge is 0.220 e. The number of aliphatic hydroxyl groups excluding tert-OH is 1. The molecule has 1 amide bonds. The minimum absolute atomic E-state index is 0.151. The van der Waals surface area contributed by atoms with Crippen molar-refractivity contribution in [1.82, 2.24) is 5.32 Å². The zero-order valence-corrected chi connectivity index (χ0v) is 13.6. The van der Waals surface area contributed by atoms with Gasteiger partial charge in [0.15, 0.2) is 0 Å². The number of aliphatic hydroxyl groups is 1. The van der Waals surface area contributed by atoms with Gasteiger partial charge >= 0.3 is 0 Å². The summed E-state index contributed by atoms with van der Waals surface area (Å²) in [5.74, 6) is 1.09. The highest BCUT2D eigenvalue weighted by Gasteiger charge is 2.18. The van der Waals surface area contributed by atoms with E-state index in [0.29, 0.717) is 19.4 Å². The second kappa shape index (κ2) is 8.94. The van der Waals surface area contributed by atoms with Crippen LogP contribution in [0.15, 0.2) is 30.3 Å². The lowest BCUT2D eigenvalue weighted by Gasteiger charge is -2.20. The van der Waals surface area contributed by atoms with E-state index in [4.69, 9.17) is 0 Å². The van der Waals surface area contributed by atoms with Crippen LogP contribution in [-0.4, -0.2) is 23.7 Å². The number of benzene rings is 1. The molecule has 0 spiro atoms. The first-order valence-electron chi connectivity index (χ1n) is 8.65. The molecule has 0 heterocycles. The zero-order valence-electron chi connectivity index (χ0n) is 13.6. The molecule has 22 heavy (non-hydrogen) atoms. The van der Waals surface area contributed by atoms with E-state index in [-0.39, 0.29) is 17.9 Å². The molecule has 2 rings (SSSR count). The summed E-state index contributed by atoms with van der Waals surface area (Å²) in [5.41, 5.74) is 1.18. The molecule has 1 aliphatic rings. The number of carbonyl (C=O) groups is 1. The molecule has 1 saturated carbocycles. The maximum Gasteiger partial charge on any atom is 0.220 e. The van der Waals surface area contributed by atoms with Crippen molar-refractivity contribution in [3.8, 4) is 0 Å². The van der Waals surface area contributed by atoms with Crippen LogP contribution in [0.25, 0.3) is 0 Å². The molecule has 1 fully saturated rings. The van der Waals surface area contributed by atoms with Gasteiger partial charge in [-0.05, 0) is 31.2 Å². The van der Waals surface area contributed by atoms with Crippen molar-refractivity contribution in [2.24, 2.45) is 5.92 Å². The van der Waals surface area contributed by atoms with E-state index in [9.17, 15) is 9.90 Å². The fraction of sp³-hybridized carbons (Fsp3) is 0.632. The second-order valence-corrected chi connectivity index (χ2v) is 6.69. The molecule has 2 atom stereocenters. The Kier molecular flexibility index (Phi) is 6.91. The molecule has 2 unspecified atom stereocenters. The summed E-state index contributed by atoms with van der Waals surface area (Å²) >= 11 is 0. The Labute approximate surface area is 134 Å². The average Bonchev–Trinajstić information content (AvgIpc) is 3.03. The maximum absolute atomic E-state index is 12.0. The van der Waals surface area contributed by atoms with Gasteiger partial charge < -0.3 is 10.4 Å². The molecule has 0 bridgehead atoms. The molecule has 2 N–H and O–H groups in total. The average molecular weight is 303 g/mol. The lowest BCUT2D eigenvalue weighted by atomic mass is 9.93. The molecule has 3 nitrogen and oxygen atoms in total. The summed E-state index contributed by atoms with van der Waals surface area (Å²) in [6.45, 7) is 2.41. The first kappa shape index (κ1) is 17.0. The maximum atomic E-state index is 12.0. The Morgan fingerprint density at radius 1 is 1.27 bits per heavy atom. The van der Waals surface area contributed by atoms with Crippen molar-refractivity contribution in [1.29, 1.82) is 0 Å². The van der Waals surface area contributed by atoms with Gasteiger partial charge in [0.25, 0.3) is 0 Å². The Bertz CT molecular complexity index is 438. The summed E-state index contributed by atoms with van der Waals surface area (Å²) in [5, 5.41) is 12.7. The third kappa shape index (κ3) is 5.80. The van der Waals surface area contributed by atoms with Crippen molar-refractivity contribution in [3.63, 3.8) is 0 Å². The van der Waals surface area contributed by atoms with Gasteiger partial charge in [0.05, 0.1) is 6.10 Å². The van der Waals surface area contributed by atoms with E-state index in [1.165, 1.54) is 31.2 Å². The Morgan fingerprint density at radius 2 is 1.95 bits per heavy atom. The van der Waals surface area contributed by atoms with Gasteiger partial charge in [-0.2, -0.15) is 0 Å². The van der Waals surface area contributed by atoms with E-state index in [0.717, 1.165) is 12.3 Å². The van der Waals surface area contributed by atoms with Gasteiger partial charge in [0.1, 0.15) is 0 Å². The zero-order chi connectivity index (χ0) is 15.8. The molecule has 1 aliphatic carbocycles. The van der Waals surface area contributed by atoms with Crippen LogP contribution in [0.5, 0.6) is 0 Å². The molecule has 1 aromatic rings. The number of hydrogen-bond donors (Lipinski definition) is 2. The van der Waals surface area contributed by atoms with Crippen molar-refractivity contribution in [3.05, 3.63) is 35.9 Å². The molecule has 1 aromatic carbocycles. The molecule has 3 heteroatoms. The molecule has 0 saturated heterocycles. The minimum atomic E-state index is -0.361. The van der Waals surface area contributed by atoms with Crippen LogP contribution in [0.3, 0.4) is 0 Å². The number of carbonyl (C=O) groups excluding carboxylic acids is 1. The van der Waals surface area contributed by atoms with E-state index < -0.39 is 0 Å². The third-order valence-corrected chi connectivity index (χ3v) is 4.70. The first-order valence-corrected chi connectivity index (χ1v) is 8.65. The second-order valence-electron chi connectivity index (χ2n) is 6.69. The van der Waals surface area contributed by atoms with Crippen LogP contribution < -0.4 is 5.32 Å². The molecule has 0 aromatic heterocycles. The standard InChI is InChI=1S/C19H29NO2/c1-15(21)13-18(17-9-3-2-4-10-17)14-20-19(22)12-11-16-7-5-6-8-16/h2-4,9-10,15-16,18,21H,5-8,11-14H2,1H3,(H,20,22). The normalized spacial score (nSPS) is 18.1. The van der Waals surface area contributed by atoms with Crippen molar-refractivity contribution >= 4 is 5.91 Å². The Balaban J connectivity index is 1.78. The monoisotopic (exact) mass is 303 g/mol. The Morgan fingerprint density at radius 3 is 2.59 bits per heavy atom. The van der Waals surface area contributed by atoms with Crippen LogP contribution in [0.2, 0.25) is 0 Å². The number of hydrogen-bond acceptors (Lipinski definition) is 2. The molecule has 122 valence electrons. The van der Waals surface area contributed by atoms with Crippen molar-refractivity contribution < 1.29 is 9.90 Å². The molecular weight excluding hydrogens is 274 g/mol. The van der Waals surface area contributed by atoms with Gasteiger partial charge in [0.2, 0.25) is 5.91 Å². The topological polar surface area (TPSA) is 49.3 Å². The molecule has 0 aliphatic heterocycles. The van der Waals surface area contributed by atoms with E-state index >= 15 is 0 Å². The van der Waals surface area contributed by atoms with Gasteiger partial charge in [0, 0.05) is 18.9 Å². The molecule has 0 radical (unpaired) electrons. The number of amides is 1. The van der Waals surface area contributed by atoms with Crippen molar-refractivity contribution in [2.45, 2.75) is 63.9 Å². The first-order chi connectivity index (χ1) is 10.6. The predicted molar refractivity (Wildman–Crippen MR) is 89.7 cm³/mol. The van der Waals surface area contributed by atoms with E-state index in [1.807, 2.05) is 18.2 Å². The summed E-state index contributed by atoms with van der Waals surface area (Å²) in [6, 6.07) is 10.1. The predicted octanol–water partition coefficient (Wildman–Crippen LogP) is 3.63. The summed E-state index contributed by atoms with van der Waals surface area (Å²) in [7, 11) is 0. The highest BCUT2D eigenvalue weighted by Crippen LogP contribution is 2.28. The summed E-state index contributed by atoms with van der Waals surface area (Å²) in [4.78, 5) is 12.0. The van der Waals surface area contributed by atoms with E-state index in [2.05, 4.69) is 17.4 Å². The van der Waals surface area contributed by atoms with Gasteiger partial charge in [-0.15, -0.1) is 0 Å². The van der Waals surface area contributed by atoms with Crippen LogP contribution in [0.4, 0.5) is 0 Å². The minimum Gasteiger partial charge on any atom is -0.393 e. The highest BCUT2D eigenvalue weighted by molar-refractivity contribution is 5.75. The number of nitrogens with one attached hydrogen (secondary N) is 1. The van der Waals surface area contributed by atoms with Gasteiger partial charge in [-0.25, -0.2) is 0 Å². The van der Waals surface area contributed by atoms with Gasteiger partial charge in [-0.1, -0.05) is 56.0 Å². The highest BCUT2D eigenvalue weighted by atomic mass is 16.3. The fourth-order valence-electron chi connectivity index (χ4n) is 3.43.